The predicted molar refractivity (Wildman–Crippen MR) is 85.3 cm³/mol. The molecule has 0 N–H and O–H groups in total. The van der Waals surface area contributed by atoms with Crippen molar-refractivity contribution in [2.24, 2.45) is 0 Å². The van der Waals surface area contributed by atoms with Crippen LogP contribution in [0.25, 0.3) is 11.3 Å². The van der Waals surface area contributed by atoms with Gasteiger partial charge in [-0.05, 0) is 30.3 Å². The van der Waals surface area contributed by atoms with E-state index in [1.54, 1.807) is 24.4 Å². The third kappa shape index (κ3) is 2.87. The minimum Gasteiger partial charge on any atom is -0.343 e. The molecule has 0 fully saturated rings. The lowest BCUT2D eigenvalue weighted by Gasteiger charge is -2.13. The summed E-state index contributed by atoms with van der Waals surface area (Å²) in [5, 5.41) is 1.04. The van der Waals surface area contributed by atoms with Gasteiger partial charge in [-0.2, -0.15) is 0 Å². The Morgan fingerprint density at radius 1 is 0.909 bits per heavy atom. The molecule has 1 heterocycles. The van der Waals surface area contributed by atoms with Crippen molar-refractivity contribution in [1.82, 2.24) is 4.57 Å². The molecule has 5 heteroatoms. The Balaban J connectivity index is 2.03. The zero-order valence-electron chi connectivity index (χ0n) is 11.4. The molecule has 0 aliphatic heterocycles. The average Bonchev–Trinajstić information content (AvgIpc) is 2.90. The number of hydrogen-bond acceptors (Lipinski definition) is 0. The number of benzene rings is 2. The number of halogens is 4. The monoisotopic (exact) mass is 337 g/mol. The molecule has 22 heavy (non-hydrogen) atoms. The van der Waals surface area contributed by atoms with E-state index >= 15 is 0 Å². The van der Waals surface area contributed by atoms with Crippen molar-refractivity contribution in [3.63, 3.8) is 0 Å². The zero-order chi connectivity index (χ0) is 15.7. The fourth-order valence-corrected chi connectivity index (χ4v) is 2.95. The van der Waals surface area contributed by atoms with Gasteiger partial charge in [-0.3, -0.25) is 0 Å². The highest BCUT2D eigenvalue weighted by molar-refractivity contribution is 6.39. The maximum Gasteiger partial charge on any atom is 0.131 e. The van der Waals surface area contributed by atoms with E-state index in [4.69, 9.17) is 23.2 Å². The summed E-state index contributed by atoms with van der Waals surface area (Å²) in [5.41, 5.74) is 1.86. The maximum absolute atomic E-state index is 13.8. The zero-order valence-corrected chi connectivity index (χ0v) is 12.9. The number of aromatic nitrogens is 1. The third-order valence-electron chi connectivity index (χ3n) is 3.40. The summed E-state index contributed by atoms with van der Waals surface area (Å²) in [7, 11) is 0. The van der Waals surface area contributed by atoms with Gasteiger partial charge < -0.3 is 4.57 Å². The van der Waals surface area contributed by atoms with Crippen LogP contribution < -0.4 is 0 Å². The first-order valence-corrected chi connectivity index (χ1v) is 7.35. The molecular formula is C17H11Cl2F2N. The SMILES string of the molecule is Fc1ccc(Cn2cccc2-c2c(Cl)cccc2Cl)c(F)c1. The van der Waals surface area contributed by atoms with Crippen molar-refractivity contribution in [2.75, 3.05) is 0 Å². The molecule has 3 aromatic rings. The molecular weight excluding hydrogens is 327 g/mol. The van der Waals surface area contributed by atoms with E-state index in [0.717, 1.165) is 11.8 Å². The molecule has 0 amide bonds. The molecule has 0 unspecified atom stereocenters. The van der Waals surface area contributed by atoms with Gasteiger partial charge in [0.15, 0.2) is 0 Å². The van der Waals surface area contributed by atoms with Crippen LogP contribution in [0.5, 0.6) is 0 Å². The van der Waals surface area contributed by atoms with Gasteiger partial charge in [0, 0.05) is 23.4 Å². The van der Waals surface area contributed by atoms with Crippen LogP contribution >= 0.6 is 23.2 Å². The van der Waals surface area contributed by atoms with Crippen LogP contribution in [0.2, 0.25) is 10.0 Å². The quantitative estimate of drug-likeness (QED) is 0.570. The lowest BCUT2D eigenvalue weighted by Crippen LogP contribution is -2.03. The minimum atomic E-state index is -0.594. The maximum atomic E-state index is 13.8. The molecule has 0 saturated carbocycles. The molecule has 0 atom stereocenters. The molecule has 0 bridgehead atoms. The summed E-state index contributed by atoms with van der Waals surface area (Å²) in [5.74, 6) is -1.17. The Labute approximate surface area is 136 Å². The van der Waals surface area contributed by atoms with E-state index in [1.165, 1.54) is 12.1 Å². The molecule has 1 nitrogen and oxygen atoms in total. The van der Waals surface area contributed by atoms with Crippen molar-refractivity contribution in [2.45, 2.75) is 6.54 Å². The average molecular weight is 338 g/mol. The summed E-state index contributed by atoms with van der Waals surface area (Å²) in [6, 6.07) is 12.5. The van der Waals surface area contributed by atoms with Crippen LogP contribution in [0.1, 0.15) is 5.56 Å². The van der Waals surface area contributed by atoms with E-state index in [0.29, 0.717) is 21.2 Å². The predicted octanol–water partition coefficient (Wildman–Crippen LogP) is 5.79. The second-order valence-electron chi connectivity index (χ2n) is 4.85. The number of hydrogen-bond donors (Lipinski definition) is 0. The Morgan fingerprint density at radius 3 is 2.32 bits per heavy atom. The molecule has 0 aliphatic rings. The molecule has 3 rings (SSSR count). The highest BCUT2D eigenvalue weighted by Gasteiger charge is 2.13. The Bertz CT molecular complexity index is 807. The Hall–Kier alpha value is -1.84. The molecule has 112 valence electrons. The largest absolute Gasteiger partial charge is 0.343 e. The van der Waals surface area contributed by atoms with Gasteiger partial charge >= 0.3 is 0 Å². The smallest absolute Gasteiger partial charge is 0.131 e. The second kappa shape index (κ2) is 6.11. The van der Waals surface area contributed by atoms with Gasteiger partial charge in [0.05, 0.1) is 22.3 Å². The summed E-state index contributed by atoms with van der Waals surface area (Å²) < 4.78 is 28.6. The fraction of sp³-hybridized carbons (Fsp3) is 0.0588. The summed E-state index contributed by atoms with van der Waals surface area (Å²) in [6.45, 7) is 0.260. The topological polar surface area (TPSA) is 4.93 Å². The molecule has 1 aromatic heterocycles. The third-order valence-corrected chi connectivity index (χ3v) is 4.03. The highest BCUT2D eigenvalue weighted by atomic mass is 35.5. The molecule has 0 aliphatic carbocycles. The summed E-state index contributed by atoms with van der Waals surface area (Å²) in [6.07, 6.45) is 1.80. The van der Waals surface area contributed by atoms with Gasteiger partial charge in [-0.1, -0.05) is 35.3 Å². The minimum absolute atomic E-state index is 0.260. The van der Waals surface area contributed by atoms with Crippen LogP contribution in [-0.4, -0.2) is 4.57 Å². The first-order chi connectivity index (χ1) is 10.6. The Morgan fingerprint density at radius 2 is 1.64 bits per heavy atom. The van der Waals surface area contributed by atoms with E-state index < -0.39 is 11.6 Å². The molecule has 0 spiro atoms. The van der Waals surface area contributed by atoms with Crippen LogP contribution in [0.15, 0.2) is 54.7 Å². The van der Waals surface area contributed by atoms with Crippen molar-refractivity contribution < 1.29 is 8.78 Å². The van der Waals surface area contributed by atoms with Crippen LogP contribution in [0.3, 0.4) is 0 Å². The first-order valence-electron chi connectivity index (χ1n) is 6.59. The van der Waals surface area contributed by atoms with Gasteiger partial charge in [0.25, 0.3) is 0 Å². The second-order valence-corrected chi connectivity index (χ2v) is 5.67. The van der Waals surface area contributed by atoms with Crippen LogP contribution in [0, 0.1) is 11.6 Å². The van der Waals surface area contributed by atoms with Crippen molar-refractivity contribution in [1.29, 1.82) is 0 Å². The standard InChI is InChI=1S/C17H11Cl2F2N/c18-13-3-1-4-14(19)17(13)16-5-2-8-22(16)10-11-6-7-12(20)9-15(11)21/h1-9H,10H2. The molecule has 0 radical (unpaired) electrons. The van der Waals surface area contributed by atoms with Crippen molar-refractivity contribution in [3.05, 3.63) is 82.0 Å². The highest BCUT2D eigenvalue weighted by Crippen LogP contribution is 2.35. The lowest BCUT2D eigenvalue weighted by molar-refractivity contribution is 0.567. The Kier molecular flexibility index (Phi) is 4.19. The molecule has 0 saturated heterocycles. The van der Waals surface area contributed by atoms with E-state index in [2.05, 4.69) is 0 Å². The van der Waals surface area contributed by atoms with Gasteiger partial charge in [0.2, 0.25) is 0 Å². The van der Waals surface area contributed by atoms with Crippen molar-refractivity contribution in [3.8, 4) is 11.3 Å². The van der Waals surface area contributed by atoms with Gasteiger partial charge in [-0.15, -0.1) is 0 Å². The summed E-state index contributed by atoms with van der Waals surface area (Å²) in [4.78, 5) is 0. The van der Waals surface area contributed by atoms with Gasteiger partial charge in [0.1, 0.15) is 11.6 Å². The normalized spacial score (nSPS) is 10.9. The van der Waals surface area contributed by atoms with E-state index in [1.807, 2.05) is 16.7 Å². The fourth-order valence-electron chi connectivity index (χ4n) is 2.35. The molecule has 2 aromatic carbocycles. The first kappa shape index (κ1) is 15.1. The van der Waals surface area contributed by atoms with Crippen LogP contribution in [-0.2, 0) is 6.54 Å². The van der Waals surface area contributed by atoms with Gasteiger partial charge in [-0.25, -0.2) is 8.78 Å². The number of nitrogens with zero attached hydrogens (tertiary/aromatic N) is 1. The lowest BCUT2D eigenvalue weighted by atomic mass is 10.1. The van der Waals surface area contributed by atoms with Crippen LogP contribution in [0.4, 0.5) is 8.78 Å². The van der Waals surface area contributed by atoms with E-state index in [9.17, 15) is 8.78 Å². The summed E-state index contributed by atoms with van der Waals surface area (Å²) >= 11 is 12.5. The van der Waals surface area contributed by atoms with Crippen molar-refractivity contribution >= 4 is 23.2 Å². The number of rotatable bonds is 3. The van der Waals surface area contributed by atoms with E-state index in [-0.39, 0.29) is 6.54 Å².